The van der Waals surface area contributed by atoms with Crippen LogP contribution in [-0.4, -0.2) is 23.6 Å². The molecule has 0 amide bonds. The lowest BCUT2D eigenvalue weighted by molar-refractivity contribution is 0.0527. The van der Waals surface area contributed by atoms with Gasteiger partial charge in [-0.3, -0.25) is 0 Å². The highest BCUT2D eigenvalue weighted by atomic mass is 16.5. The lowest BCUT2D eigenvalue weighted by Gasteiger charge is -2.28. The molecule has 2 rings (SSSR count). The Morgan fingerprint density at radius 2 is 2.35 bits per heavy atom. The van der Waals surface area contributed by atoms with Crippen LogP contribution >= 0.6 is 0 Å². The molecule has 5 nitrogen and oxygen atoms in total. The van der Waals surface area contributed by atoms with Gasteiger partial charge in [-0.15, -0.1) is 0 Å². The van der Waals surface area contributed by atoms with Gasteiger partial charge in [0, 0.05) is 6.04 Å². The van der Waals surface area contributed by atoms with E-state index in [1.807, 2.05) is 0 Å². The Labute approximate surface area is 119 Å². The van der Waals surface area contributed by atoms with Crippen LogP contribution in [0.1, 0.15) is 49.9 Å². The number of rotatable bonds is 4. The van der Waals surface area contributed by atoms with E-state index in [4.69, 9.17) is 10.5 Å². The van der Waals surface area contributed by atoms with Crippen molar-refractivity contribution >= 4 is 17.5 Å². The summed E-state index contributed by atoms with van der Waals surface area (Å²) in [5.74, 6) is 0.913. The van der Waals surface area contributed by atoms with Crippen LogP contribution in [0.2, 0.25) is 0 Å². The number of anilines is 2. The van der Waals surface area contributed by atoms with E-state index in [-0.39, 0.29) is 5.97 Å². The molecule has 0 aromatic carbocycles. The molecule has 0 radical (unpaired) electrons. The third-order valence-electron chi connectivity index (χ3n) is 3.68. The van der Waals surface area contributed by atoms with E-state index in [2.05, 4.69) is 17.2 Å². The smallest absolute Gasteiger partial charge is 0.341 e. The third kappa shape index (κ3) is 3.62. The van der Waals surface area contributed by atoms with Gasteiger partial charge in [0.2, 0.25) is 0 Å². The fourth-order valence-electron chi connectivity index (χ4n) is 2.72. The van der Waals surface area contributed by atoms with Crippen LogP contribution in [0.25, 0.3) is 0 Å². The number of hydrogen-bond acceptors (Lipinski definition) is 5. The molecule has 2 unspecified atom stereocenters. The molecule has 1 aromatic rings. The van der Waals surface area contributed by atoms with Crippen LogP contribution in [0, 0.1) is 5.92 Å². The van der Waals surface area contributed by atoms with Crippen molar-refractivity contribution in [3.05, 3.63) is 17.8 Å². The number of nitrogens with one attached hydrogen (secondary N) is 1. The van der Waals surface area contributed by atoms with Gasteiger partial charge in [-0.2, -0.15) is 0 Å². The van der Waals surface area contributed by atoms with Gasteiger partial charge in [-0.1, -0.05) is 19.8 Å². The number of nitrogens with two attached hydrogens (primary N) is 1. The molecular formula is C15H23N3O2. The predicted octanol–water partition coefficient (Wildman–Crippen LogP) is 2.83. The summed E-state index contributed by atoms with van der Waals surface area (Å²) >= 11 is 0. The van der Waals surface area contributed by atoms with Crippen molar-refractivity contribution in [2.24, 2.45) is 5.92 Å². The molecule has 1 aliphatic rings. The molecule has 20 heavy (non-hydrogen) atoms. The minimum atomic E-state index is -0.376. The highest BCUT2D eigenvalue weighted by Crippen LogP contribution is 2.27. The molecule has 2 atom stereocenters. The van der Waals surface area contributed by atoms with Crippen LogP contribution in [0.3, 0.4) is 0 Å². The number of hydrogen-bond donors (Lipinski definition) is 2. The molecule has 0 bridgehead atoms. The third-order valence-corrected chi connectivity index (χ3v) is 3.68. The number of carbonyl (C=O) groups excluding carboxylic acids is 1. The van der Waals surface area contributed by atoms with Crippen LogP contribution in [0.15, 0.2) is 12.3 Å². The fraction of sp³-hybridized carbons (Fsp3) is 0.600. The Morgan fingerprint density at radius 1 is 1.55 bits per heavy atom. The highest BCUT2D eigenvalue weighted by Gasteiger charge is 2.22. The lowest BCUT2D eigenvalue weighted by Crippen LogP contribution is -2.27. The summed E-state index contributed by atoms with van der Waals surface area (Å²) in [4.78, 5) is 16.2. The first kappa shape index (κ1) is 14.6. The number of esters is 1. The monoisotopic (exact) mass is 277 g/mol. The number of carbonyl (C=O) groups is 1. The summed E-state index contributed by atoms with van der Waals surface area (Å²) in [6.45, 7) is 4.39. The van der Waals surface area contributed by atoms with Crippen molar-refractivity contribution < 1.29 is 9.53 Å². The minimum Gasteiger partial charge on any atom is -0.462 e. The summed E-state index contributed by atoms with van der Waals surface area (Å²) in [7, 11) is 0. The van der Waals surface area contributed by atoms with E-state index in [9.17, 15) is 4.79 Å². The lowest BCUT2D eigenvalue weighted by atomic mass is 9.87. The highest BCUT2D eigenvalue weighted by molar-refractivity contribution is 5.95. The zero-order valence-electron chi connectivity index (χ0n) is 12.2. The molecule has 1 saturated carbocycles. The van der Waals surface area contributed by atoms with Crippen molar-refractivity contribution in [2.45, 2.75) is 45.6 Å². The van der Waals surface area contributed by atoms with Gasteiger partial charge in [-0.05, 0) is 31.7 Å². The van der Waals surface area contributed by atoms with E-state index in [1.54, 1.807) is 19.2 Å². The van der Waals surface area contributed by atoms with E-state index in [1.165, 1.54) is 12.8 Å². The summed E-state index contributed by atoms with van der Waals surface area (Å²) in [6, 6.07) is 1.99. The number of aromatic nitrogens is 1. The number of nitrogens with zero attached hydrogens (tertiary/aromatic N) is 1. The molecule has 1 fully saturated rings. The van der Waals surface area contributed by atoms with Crippen LogP contribution in [0.5, 0.6) is 0 Å². The Balaban J connectivity index is 2.15. The van der Waals surface area contributed by atoms with Crippen molar-refractivity contribution in [1.29, 1.82) is 0 Å². The number of nitrogen functional groups attached to an aromatic ring is 1. The second kappa shape index (κ2) is 6.59. The molecule has 0 saturated heterocycles. The van der Waals surface area contributed by atoms with Crippen LogP contribution in [0.4, 0.5) is 11.5 Å². The first-order valence-electron chi connectivity index (χ1n) is 7.29. The van der Waals surface area contributed by atoms with Gasteiger partial charge < -0.3 is 15.8 Å². The van der Waals surface area contributed by atoms with E-state index < -0.39 is 0 Å². The zero-order chi connectivity index (χ0) is 14.5. The van der Waals surface area contributed by atoms with E-state index >= 15 is 0 Å². The van der Waals surface area contributed by atoms with Crippen molar-refractivity contribution in [3.8, 4) is 0 Å². The molecule has 1 aliphatic carbocycles. The van der Waals surface area contributed by atoms with Gasteiger partial charge >= 0.3 is 5.97 Å². The predicted molar refractivity (Wildman–Crippen MR) is 79.6 cm³/mol. The number of ether oxygens (including phenoxy) is 1. The van der Waals surface area contributed by atoms with Gasteiger partial charge in [0.1, 0.15) is 11.4 Å². The topological polar surface area (TPSA) is 77.2 Å². The molecule has 1 aromatic heterocycles. The Kier molecular flexibility index (Phi) is 4.82. The maximum atomic E-state index is 12.0. The minimum absolute atomic E-state index is 0.341. The zero-order valence-corrected chi connectivity index (χ0v) is 12.2. The Hall–Kier alpha value is -1.78. The van der Waals surface area contributed by atoms with Crippen molar-refractivity contribution in [3.63, 3.8) is 0 Å². The van der Waals surface area contributed by atoms with E-state index in [0.29, 0.717) is 35.6 Å². The Bertz CT molecular complexity index is 476. The summed E-state index contributed by atoms with van der Waals surface area (Å²) in [5, 5.41) is 3.38. The molecule has 3 N–H and O–H groups in total. The summed E-state index contributed by atoms with van der Waals surface area (Å²) < 4.78 is 5.06. The molecular weight excluding hydrogens is 254 g/mol. The normalized spacial score (nSPS) is 22.3. The average molecular weight is 277 g/mol. The van der Waals surface area contributed by atoms with Gasteiger partial charge in [-0.25, -0.2) is 9.78 Å². The maximum Gasteiger partial charge on any atom is 0.341 e. The number of pyridine rings is 1. The second-order valence-corrected chi connectivity index (χ2v) is 5.50. The molecule has 110 valence electrons. The SMILES string of the molecule is CCOC(=O)c1cc(N)cnc1NC1CCCC(C)C1. The fourth-order valence-corrected chi connectivity index (χ4v) is 2.72. The van der Waals surface area contributed by atoms with Crippen molar-refractivity contribution in [1.82, 2.24) is 4.98 Å². The maximum absolute atomic E-state index is 12.0. The van der Waals surface area contributed by atoms with Crippen LogP contribution < -0.4 is 11.1 Å². The second-order valence-electron chi connectivity index (χ2n) is 5.50. The molecule has 5 heteroatoms. The average Bonchev–Trinajstić information content (AvgIpc) is 2.41. The standard InChI is InChI=1S/C15H23N3O2/c1-3-20-15(19)13-8-11(16)9-17-14(13)18-12-6-4-5-10(2)7-12/h8-10,12H,3-7,16H2,1-2H3,(H,17,18). The van der Waals surface area contributed by atoms with Gasteiger partial charge in [0.05, 0.1) is 18.5 Å². The molecule has 0 spiro atoms. The van der Waals surface area contributed by atoms with Crippen molar-refractivity contribution in [2.75, 3.05) is 17.7 Å². The first-order valence-corrected chi connectivity index (χ1v) is 7.29. The molecule has 0 aliphatic heterocycles. The summed E-state index contributed by atoms with van der Waals surface area (Å²) in [6.07, 6.45) is 6.27. The van der Waals surface area contributed by atoms with Gasteiger partial charge in [0.15, 0.2) is 0 Å². The first-order chi connectivity index (χ1) is 9.60. The van der Waals surface area contributed by atoms with Gasteiger partial charge in [0.25, 0.3) is 0 Å². The Morgan fingerprint density at radius 3 is 3.05 bits per heavy atom. The van der Waals surface area contributed by atoms with E-state index in [0.717, 1.165) is 12.8 Å². The van der Waals surface area contributed by atoms with Crippen LogP contribution in [-0.2, 0) is 4.74 Å². The summed E-state index contributed by atoms with van der Waals surface area (Å²) in [5.41, 5.74) is 6.61. The quantitative estimate of drug-likeness (QED) is 0.827. The molecule has 1 heterocycles. The largest absolute Gasteiger partial charge is 0.462 e.